The molecule has 3 heterocycles. The lowest BCUT2D eigenvalue weighted by Gasteiger charge is -2.26. The first-order valence-electron chi connectivity index (χ1n) is 11.3. The summed E-state index contributed by atoms with van der Waals surface area (Å²) in [5.41, 5.74) is 4.43. The Morgan fingerprint density at radius 2 is 1.94 bits per heavy atom. The number of imidazole rings is 1. The maximum absolute atomic E-state index is 10.8. The standard InChI is InChI=1S/C24H29N5O5/c1-4-16(5-2)33-21-20(31)17(13-30)34-24(21)29-14-25-19-22(28-32-3)26-18(27-23(19)29)12-11-15-9-7-6-8-10-15/h6-10,14,16-17,20-21,24,30-31H,4-5,13H2,1-3H3,(H,26,27,28)/t17-,20-,21-,24-/m1/s1. The monoisotopic (exact) mass is 467 g/mol. The summed E-state index contributed by atoms with van der Waals surface area (Å²) in [4.78, 5) is 18.6. The van der Waals surface area contributed by atoms with Crippen LogP contribution in [0.4, 0.5) is 5.82 Å². The molecular formula is C24H29N5O5. The number of hydrogen-bond donors (Lipinski definition) is 3. The van der Waals surface area contributed by atoms with E-state index in [0.29, 0.717) is 17.0 Å². The van der Waals surface area contributed by atoms with Crippen LogP contribution in [0.25, 0.3) is 11.2 Å². The zero-order chi connectivity index (χ0) is 24.1. The molecule has 0 saturated carbocycles. The Hall–Kier alpha value is -3.07. The first-order chi connectivity index (χ1) is 16.6. The van der Waals surface area contributed by atoms with Gasteiger partial charge in [-0.25, -0.2) is 15.4 Å². The zero-order valence-corrected chi connectivity index (χ0v) is 19.4. The number of aliphatic hydroxyl groups is 2. The Balaban J connectivity index is 1.77. The van der Waals surface area contributed by atoms with Gasteiger partial charge in [0.1, 0.15) is 18.3 Å². The van der Waals surface area contributed by atoms with Crippen LogP contribution in [0.3, 0.4) is 0 Å². The zero-order valence-electron chi connectivity index (χ0n) is 19.4. The number of ether oxygens (including phenoxy) is 2. The molecule has 4 rings (SSSR count). The minimum Gasteiger partial charge on any atom is -0.394 e. The number of rotatable bonds is 8. The summed E-state index contributed by atoms with van der Waals surface area (Å²) in [6.45, 7) is 3.70. The van der Waals surface area contributed by atoms with E-state index >= 15 is 0 Å². The highest BCUT2D eigenvalue weighted by Gasteiger charge is 2.46. The van der Waals surface area contributed by atoms with Crippen molar-refractivity contribution in [2.45, 2.75) is 57.3 Å². The van der Waals surface area contributed by atoms with Gasteiger partial charge in [-0.15, -0.1) is 0 Å². The van der Waals surface area contributed by atoms with Crippen LogP contribution in [0.15, 0.2) is 36.7 Å². The summed E-state index contributed by atoms with van der Waals surface area (Å²) < 4.78 is 13.9. The smallest absolute Gasteiger partial charge is 0.209 e. The van der Waals surface area contributed by atoms with E-state index in [1.807, 2.05) is 44.2 Å². The molecule has 3 aromatic rings. The molecule has 1 aromatic carbocycles. The molecule has 1 aliphatic heterocycles. The quantitative estimate of drug-likeness (QED) is 0.337. The first kappa shape index (κ1) is 24.1. The topological polar surface area (TPSA) is 124 Å². The van der Waals surface area contributed by atoms with E-state index < -0.39 is 24.5 Å². The fraction of sp³-hybridized carbons (Fsp3) is 0.458. The van der Waals surface area contributed by atoms with Crippen molar-refractivity contribution < 1.29 is 24.5 Å². The van der Waals surface area contributed by atoms with Crippen LogP contribution in [0, 0.1) is 11.8 Å². The van der Waals surface area contributed by atoms with Crippen LogP contribution in [0.5, 0.6) is 0 Å². The fourth-order valence-corrected chi connectivity index (χ4v) is 3.92. The minimum absolute atomic E-state index is 0.0642. The van der Waals surface area contributed by atoms with E-state index in [0.717, 1.165) is 18.4 Å². The molecule has 0 aliphatic carbocycles. The number of hydrogen-bond acceptors (Lipinski definition) is 9. The average Bonchev–Trinajstić information content (AvgIpc) is 3.42. The molecule has 3 N–H and O–H groups in total. The van der Waals surface area contributed by atoms with E-state index in [-0.39, 0.29) is 18.5 Å². The second-order valence-electron chi connectivity index (χ2n) is 7.92. The van der Waals surface area contributed by atoms with Crippen molar-refractivity contribution in [1.82, 2.24) is 19.5 Å². The summed E-state index contributed by atoms with van der Waals surface area (Å²) in [5, 5.41) is 20.5. The highest BCUT2D eigenvalue weighted by Crippen LogP contribution is 2.35. The van der Waals surface area contributed by atoms with E-state index in [4.69, 9.17) is 14.3 Å². The Labute approximate surface area is 197 Å². The van der Waals surface area contributed by atoms with E-state index in [2.05, 4.69) is 32.3 Å². The van der Waals surface area contributed by atoms with Crippen LogP contribution >= 0.6 is 0 Å². The number of nitrogens with one attached hydrogen (secondary N) is 1. The van der Waals surface area contributed by atoms with Gasteiger partial charge in [-0.1, -0.05) is 38.0 Å². The summed E-state index contributed by atoms with van der Waals surface area (Å²) in [6, 6.07) is 9.52. The van der Waals surface area contributed by atoms with Gasteiger partial charge >= 0.3 is 0 Å². The molecule has 2 aromatic heterocycles. The molecular weight excluding hydrogens is 438 g/mol. The third kappa shape index (κ3) is 4.89. The fourth-order valence-electron chi connectivity index (χ4n) is 3.92. The molecule has 1 saturated heterocycles. The maximum atomic E-state index is 10.8. The molecule has 0 bridgehead atoms. The number of nitrogens with zero attached hydrogens (tertiary/aromatic N) is 4. The van der Waals surface area contributed by atoms with Crippen molar-refractivity contribution in [2.75, 3.05) is 19.2 Å². The number of benzene rings is 1. The van der Waals surface area contributed by atoms with Gasteiger partial charge in [0.15, 0.2) is 23.2 Å². The van der Waals surface area contributed by atoms with Gasteiger partial charge in [-0.05, 0) is 30.9 Å². The van der Waals surface area contributed by atoms with Crippen molar-refractivity contribution in [3.05, 3.63) is 48.0 Å². The lowest BCUT2D eigenvalue weighted by molar-refractivity contribution is -0.101. The van der Waals surface area contributed by atoms with Crippen LogP contribution < -0.4 is 5.48 Å². The molecule has 10 nitrogen and oxygen atoms in total. The van der Waals surface area contributed by atoms with Crippen LogP contribution in [0.2, 0.25) is 0 Å². The Morgan fingerprint density at radius 1 is 1.18 bits per heavy atom. The molecule has 1 fully saturated rings. The number of aromatic nitrogens is 4. The Kier molecular flexibility index (Phi) is 7.72. The third-order valence-electron chi connectivity index (χ3n) is 5.74. The van der Waals surface area contributed by atoms with Gasteiger partial charge in [-0.3, -0.25) is 9.40 Å². The second-order valence-corrected chi connectivity index (χ2v) is 7.92. The third-order valence-corrected chi connectivity index (χ3v) is 5.74. The number of anilines is 1. The van der Waals surface area contributed by atoms with Crippen LogP contribution in [0.1, 0.15) is 44.3 Å². The second kappa shape index (κ2) is 10.9. The van der Waals surface area contributed by atoms with Crippen molar-refractivity contribution in [2.24, 2.45) is 0 Å². The van der Waals surface area contributed by atoms with Crippen LogP contribution in [-0.2, 0) is 14.3 Å². The van der Waals surface area contributed by atoms with Crippen molar-refractivity contribution in [3.8, 4) is 11.8 Å². The largest absolute Gasteiger partial charge is 0.394 e. The minimum atomic E-state index is -1.01. The normalized spacial score (nSPS) is 22.2. The molecule has 0 unspecified atom stereocenters. The van der Waals surface area contributed by atoms with Crippen molar-refractivity contribution >= 4 is 17.0 Å². The SMILES string of the molecule is CCC(CC)O[C@@H]1[C@H](O)[C@@H](CO)O[C@H]1n1cnc2c(NOC)nc(C#Cc3ccccc3)nc21. The molecule has 0 spiro atoms. The summed E-state index contributed by atoms with van der Waals surface area (Å²) in [6.07, 6.45) is -0.222. The molecule has 34 heavy (non-hydrogen) atoms. The summed E-state index contributed by atoms with van der Waals surface area (Å²) in [7, 11) is 1.47. The van der Waals surface area contributed by atoms with Gasteiger partial charge < -0.3 is 19.7 Å². The number of fused-ring (bicyclic) bond motifs is 1. The molecule has 4 atom stereocenters. The van der Waals surface area contributed by atoms with E-state index in [9.17, 15) is 10.2 Å². The van der Waals surface area contributed by atoms with Gasteiger partial charge in [0.05, 0.1) is 26.1 Å². The lowest BCUT2D eigenvalue weighted by atomic mass is 10.1. The van der Waals surface area contributed by atoms with Gasteiger partial charge in [0.2, 0.25) is 5.82 Å². The molecule has 180 valence electrons. The Bertz CT molecular complexity index is 1160. The Morgan fingerprint density at radius 3 is 2.62 bits per heavy atom. The van der Waals surface area contributed by atoms with Gasteiger partial charge in [-0.2, -0.15) is 4.98 Å². The number of aliphatic hydroxyl groups excluding tert-OH is 2. The molecule has 0 radical (unpaired) electrons. The summed E-state index contributed by atoms with van der Waals surface area (Å²) >= 11 is 0. The van der Waals surface area contributed by atoms with E-state index in [1.165, 1.54) is 7.11 Å². The van der Waals surface area contributed by atoms with Gasteiger partial charge in [0.25, 0.3) is 0 Å². The lowest BCUT2D eigenvalue weighted by Crippen LogP contribution is -2.38. The average molecular weight is 468 g/mol. The molecule has 1 aliphatic rings. The van der Waals surface area contributed by atoms with Crippen molar-refractivity contribution in [3.63, 3.8) is 0 Å². The van der Waals surface area contributed by atoms with Crippen molar-refractivity contribution in [1.29, 1.82) is 0 Å². The van der Waals surface area contributed by atoms with E-state index in [1.54, 1.807) is 10.9 Å². The predicted molar refractivity (Wildman–Crippen MR) is 125 cm³/mol. The van der Waals surface area contributed by atoms with Crippen LogP contribution in [-0.4, -0.2) is 67.9 Å². The van der Waals surface area contributed by atoms with Gasteiger partial charge in [0, 0.05) is 5.56 Å². The first-order valence-corrected chi connectivity index (χ1v) is 11.3. The molecule has 0 amide bonds. The highest BCUT2D eigenvalue weighted by molar-refractivity contribution is 5.83. The molecule has 10 heteroatoms. The predicted octanol–water partition coefficient (Wildman–Crippen LogP) is 2.02. The maximum Gasteiger partial charge on any atom is 0.209 e. The summed E-state index contributed by atoms with van der Waals surface area (Å²) in [5.74, 6) is 6.63. The highest BCUT2D eigenvalue weighted by atomic mass is 16.6.